The molecule has 0 aliphatic heterocycles. The summed E-state index contributed by atoms with van der Waals surface area (Å²) in [5.41, 5.74) is 8.13. The molecular weight excluding hydrogens is 224 g/mol. The van der Waals surface area contributed by atoms with Crippen LogP contribution in [0.15, 0.2) is 48.7 Å². The van der Waals surface area contributed by atoms with Gasteiger partial charge < -0.3 is 5.73 Å². The van der Waals surface area contributed by atoms with Crippen LogP contribution in [-0.2, 0) is 12.8 Å². The second-order valence-corrected chi connectivity index (χ2v) is 4.12. The number of nitrogens with two attached hydrogens (primary N) is 1. The highest BCUT2D eigenvalue weighted by Gasteiger charge is 2.11. The van der Waals surface area contributed by atoms with Crippen molar-refractivity contribution in [2.75, 3.05) is 6.54 Å². The van der Waals surface area contributed by atoms with Crippen molar-refractivity contribution in [1.29, 1.82) is 0 Å². The van der Waals surface area contributed by atoms with Gasteiger partial charge in [-0.05, 0) is 30.7 Å². The van der Waals surface area contributed by atoms with Crippen LogP contribution < -0.4 is 5.73 Å². The van der Waals surface area contributed by atoms with Gasteiger partial charge in [0.1, 0.15) is 0 Å². The van der Waals surface area contributed by atoms with Crippen molar-refractivity contribution in [2.24, 2.45) is 5.73 Å². The zero-order chi connectivity index (χ0) is 12.8. The topological polar surface area (TPSA) is 56.0 Å². The van der Waals surface area contributed by atoms with Gasteiger partial charge in [-0.3, -0.25) is 9.78 Å². The van der Waals surface area contributed by atoms with E-state index in [9.17, 15) is 4.79 Å². The van der Waals surface area contributed by atoms with E-state index in [0.29, 0.717) is 13.0 Å². The largest absolute Gasteiger partial charge is 0.330 e. The number of carbonyl (C=O) groups is 1. The van der Waals surface area contributed by atoms with Crippen LogP contribution in [0.25, 0.3) is 0 Å². The van der Waals surface area contributed by atoms with E-state index in [0.717, 1.165) is 23.2 Å². The first-order chi connectivity index (χ1) is 8.81. The quantitative estimate of drug-likeness (QED) is 0.813. The molecule has 0 atom stereocenters. The molecule has 0 spiro atoms. The molecule has 1 aromatic heterocycles. The first-order valence-corrected chi connectivity index (χ1v) is 6.02. The number of aromatic nitrogens is 1. The lowest BCUT2D eigenvalue weighted by molar-refractivity contribution is 0.0991. The van der Waals surface area contributed by atoms with Gasteiger partial charge in [-0.2, -0.15) is 0 Å². The van der Waals surface area contributed by atoms with Crippen molar-refractivity contribution in [1.82, 2.24) is 4.98 Å². The minimum Gasteiger partial charge on any atom is -0.330 e. The lowest BCUT2D eigenvalue weighted by atomic mass is 9.98. The SMILES string of the molecule is NCCc1ccccc1C(=O)Cc1ccccn1. The number of rotatable bonds is 5. The summed E-state index contributed by atoms with van der Waals surface area (Å²) < 4.78 is 0. The van der Waals surface area contributed by atoms with Crippen LogP contribution in [0.5, 0.6) is 0 Å². The Morgan fingerprint density at radius 2 is 1.89 bits per heavy atom. The Morgan fingerprint density at radius 3 is 2.61 bits per heavy atom. The van der Waals surface area contributed by atoms with Crippen molar-refractivity contribution < 1.29 is 4.79 Å². The third-order valence-corrected chi connectivity index (χ3v) is 2.80. The molecule has 3 heteroatoms. The Labute approximate surface area is 107 Å². The molecule has 2 aromatic rings. The number of nitrogens with zero attached hydrogens (tertiary/aromatic N) is 1. The van der Waals surface area contributed by atoms with Gasteiger partial charge in [0.2, 0.25) is 0 Å². The van der Waals surface area contributed by atoms with E-state index in [-0.39, 0.29) is 5.78 Å². The third kappa shape index (κ3) is 3.02. The standard InChI is InChI=1S/C15H16N2O/c16-9-8-12-5-1-2-7-14(12)15(18)11-13-6-3-4-10-17-13/h1-7,10H,8-9,11,16H2. The summed E-state index contributed by atoms with van der Waals surface area (Å²) in [6.45, 7) is 0.549. The van der Waals surface area contributed by atoms with Gasteiger partial charge in [0.15, 0.2) is 5.78 Å². The monoisotopic (exact) mass is 240 g/mol. The highest BCUT2D eigenvalue weighted by molar-refractivity contribution is 5.98. The van der Waals surface area contributed by atoms with Gasteiger partial charge in [0, 0.05) is 17.5 Å². The smallest absolute Gasteiger partial charge is 0.169 e. The van der Waals surface area contributed by atoms with E-state index in [1.54, 1.807) is 6.20 Å². The molecule has 0 radical (unpaired) electrons. The predicted octanol–water partition coefficient (Wildman–Crippen LogP) is 2.01. The Hall–Kier alpha value is -2.00. The molecule has 92 valence electrons. The number of hydrogen-bond acceptors (Lipinski definition) is 3. The minimum atomic E-state index is 0.0951. The molecule has 0 aliphatic carbocycles. The molecule has 1 heterocycles. The molecule has 2 N–H and O–H groups in total. The first kappa shape index (κ1) is 12.5. The average Bonchev–Trinajstić information content (AvgIpc) is 2.41. The summed E-state index contributed by atoms with van der Waals surface area (Å²) in [6.07, 6.45) is 2.76. The normalized spacial score (nSPS) is 10.3. The van der Waals surface area contributed by atoms with Crippen LogP contribution in [0.2, 0.25) is 0 Å². The molecule has 3 nitrogen and oxygen atoms in total. The van der Waals surface area contributed by atoms with E-state index in [4.69, 9.17) is 5.73 Å². The summed E-state index contributed by atoms with van der Waals surface area (Å²) in [5, 5.41) is 0. The molecule has 0 aliphatic rings. The summed E-state index contributed by atoms with van der Waals surface area (Å²) in [5.74, 6) is 0.0951. The molecule has 0 amide bonds. The number of Topliss-reactive ketones (excluding diaryl/α,β-unsaturated/α-hetero) is 1. The number of pyridine rings is 1. The van der Waals surface area contributed by atoms with E-state index in [1.165, 1.54) is 0 Å². The second-order valence-electron chi connectivity index (χ2n) is 4.12. The Kier molecular flexibility index (Phi) is 4.20. The maximum atomic E-state index is 12.2. The van der Waals surface area contributed by atoms with Gasteiger partial charge in [-0.15, -0.1) is 0 Å². The number of hydrogen-bond donors (Lipinski definition) is 1. The first-order valence-electron chi connectivity index (χ1n) is 6.02. The van der Waals surface area contributed by atoms with Crippen LogP contribution in [0.4, 0.5) is 0 Å². The molecule has 0 bridgehead atoms. The summed E-state index contributed by atoms with van der Waals surface area (Å²) in [6, 6.07) is 13.2. The maximum Gasteiger partial charge on any atom is 0.169 e. The fourth-order valence-corrected chi connectivity index (χ4v) is 1.93. The third-order valence-electron chi connectivity index (χ3n) is 2.80. The van der Waals surface area contributed by atoms with Crippen molar-refractivity contribution in [3.63, 3.8) is 0 Å². The predicted molar refractivity (Wildman–Crippen MR) is 71.5 cm³/mol. The zero-order valence-electron chi connectivity index (χ0n) is 10.2. The molecule has 2 rings (SSSR count). The van der Waals surface area contributed by atoms with Gasteiger partial charge in [0.05, 0.1) is 6.42 Å². The second kappa shape index (κ2) is 6.07. The molecule has 0 fully saturated rings. The number of benzene rings is 1. The number of ketones is 1. The van der Waals surface area contributed by atoms with E-state index >= 15 is 0 Å². The van der Waals surface area contributed by atoms with Crippen molar-refractivity contribution in [3.8, 4) is 0 Å². The maximum absolute atomic E-state index is 12.2. The number of carbonyl (C=O) groups excluding carboxylic acids is 1. The van der Waals surface area contributed by atoms with Crippen LogP contribution in [0.1, 0.15) is 21.6 Å². The van der Waals surface area contributed by atoms with Gasteiger partial charge in [-0.25, -0.2) is 0 Å². The van der Waals surface area contributed by atoms with Crippen LogP contribution in [-0.4, -0.2) is 17.3 Å². The fraction of sp³-hybridized carbons (Fsp3) is 0.200. The van der Waals surface area contributed by atoms with Gasteiger partial charge in [-0.1, -0.05) is 30.3 Å². The molecule has 0 unspecified atom stereocenters. The highest BCUT2D eigenvalue weighted by Crippen LogP contribution is 2.12. The van der Waals surface area contributed by atoms with Crippen LogP contribution in [0.3, 0.4) is 0 Å². The highest BCUT2D eigenvalue weighted by atomic mass is 16.1. The Morgan fingerprint density at radius 1 is 1.11 bits per heavy atom. The van der Waals surface area contributed by atoms with Crippen molar-refractivity contribution in [3.05, 3.63) is 65.5 Å². The van der Waals surface area contributed by atoms with Crippen molar-refractivity contribution in [2.45, 2.75) is 12.8 Å². The summed E-state index contributed by atoms with van der Waals surface area (Å²) in [4.78, 5) is 16.4. The Bertz CT molecular complexity index is 523. The van der Waals surface area contributed by atoms with Gasteiger partial charge in [0.25, 0.3) is 0 Å². The Balaban J connectivity index is 2.19. The van der Waals surface area contributed by atoms with E-state index < -0.39 is 0 Å². The lowest BCUT2D eigenvalue weighted by Crippen LogP contribution is -2.11. The molecular formula is C15H16N2O. The molecule has 0 saturated heterocycles. The minimum absolute atomic E-state index is 0.0951. The van der Waals surface area contributed by atoms with Gasteiger partial charge >= 0.3 is 0 Å². The van der Waals surface area contributed by atoms with Crippen molar-refractivity contribution >= 4 is 5.78 Å². The summed E-state index contributed by atoms with van der Waals surface area (Å²) >= 11 is 0. The van der Waals surface area contributed by atoms with Crippen LogP contribution in [0, 0.1) is 0 Å². The average molecular weight is 240 g/mol. The zero-order valence-corrected chi connectivity index (χ0v) is 10.2. The molecule has 18 heavy (non-hydrogen) atoms. The summed E-state index contributed by atoms with van der Waals surface area (Å²) in [7, 11) is 0. The van der Waals surface area contributed by atoms with E-state index in [2.05, 4.69) is 4.98 Å². The molecule has 1 aromatic carbocycles. The van der Waals surface area contributed by atoms with E-state index in [1.807, 2.05) is 42.5 Å². The van der Waals surface area contributed by atoms with Crippen LogP contribution >= 0.6 is 0 Å². The fourth-order valence-electron chi connectivity index (χ4n) is 1.93. The molecule has 0 saturated carbocycles. The lowest BCUT2D eigenvalue weighted by Gasteiger charge is -2.07.